The lowest BCUT2D eigenvalue weighted by atomic mass is 10.1. The zero-order valence-electron chi connectivity index (χ0n) is 14.2. The molecule has 0 atom stereocenters. The zero-order chi connectivity index (χ0) is 19.0. The van der Waals surface area contributed by atoms with E-state index in [0.29, 0.717) is 32.7 Å². The van der Waals surface area contributed by atoms with Gasteiger partial charge in [-0.25, -0.2) is 0 Å². The Kier molecular flexibility index (Phi) is 4.72. The second kappa shape index (κ2) is 7.17. The number of rotatable bonds is 4. The first kappa shape index (κ1) is 17.8. The van der Waals surface area contributed by atoms with Crippen molar-refractivity contribution in [3.05, 3.63) is 57.5 Å². The average molecular weight is 404 g/mol. The van der Waals surface area contributed by atoms with Crippen molar-refractivity contribution in [3.8, 4) is 17.2 Å². The molecule has 2 heterocycles. The number of methoxy groups -OCH3 is 1. The Bertz CT molecular complexity index is 975. The topological polar surface area (TPSA) is 65.1 Å². The van der Waals surface area contributed by atoms with Gasteiger partial charge >= 0.3 is 0 Å². The summed E-state index contributed by atoms with van der Waals surface area (Å²) in [5, 5.41) is 0.0676. The largest absolute Gasteiger partial charge is 0.497 e. The summed E-state index contributed by atoms with van der Waals surface area (Å²) >= 11 is 7.16. The highest BCUT2D eigenvalue weighted by Crippen LogP contribution is 2.39. The van der Waals surface area contributed by atoms with Crippen molar-refractivity contribution < 1.29 is 23.8 Å². The normalized spacial score (nSPS) is 17.1. The van der Waals surface area contributed by atoms with E-state index in [9.17, 15) is 9.59 Å². The first-order chi connectivity index (χ1) is 13.0. The number of ether oxygens (including phenoxy) is 3. The van der Waals surface area contributed by atoms with Crippen molar-refractivity contribution in [2.75, 3.05) is 13.9 Å². The van der Waals surface area contributed by atoms with E-state index in [1.807, 2.05) is 18.2 Å². The maximum atomic E-state index is 12.7. The highest BCUT2D eigenvalue weighted by Gasteiger charge is 2.35. The molecule has 1 fully saturated rings. The number of thioether (sulfide) groups is 1. The molecule has 2 aliphatic heterocycles. The lowest BCUT2D eigenvalue weighted by Crippen LogP contribution is -2.27. The van der Waals surface area contributed by atoms with Crippen LogP contribution >= 0.6 is 23.4 Å². The number of carbonyl (C=O) groups is 2. The number of amides is 2. The van der Waals surface area contributed by atoms with Gasteiger partial charge in [-0.05, 0) is 47.2 Å². The number of carbonyl (C=O) groups excluding carboxylic acids is 2. The van der Waals surface area contributed by atoms with Gasteiger partial charge in [0.2, 0.25) is 6.79 Å². The molecule has 0 N–H and O–H groups in total. The predicted molar refractivity (Wildman–Crippen MR) is 102 cm³/mol. The molecule has 0 aromatic heterocycles. The number of hydrogen-bond donors (Lipinski definition) is 0. The van der Waals surface area contributed by atoms with Gasteiger partial charge in [-0.15, -0.1) is 0 Å². The Morgan fingerprint density at radius 2 is 2.00 bits per heavy atom. The van der Waals surface area contributed by atoms with E-state index in [0.717, 1.165) is 17.3 Å². The molecule has 2 aromatic rings. The molecule has 0 unspecified atom stereocenters. The third-order valence-corrected chi connectivity index (χ3v) is 5.39. The fourth-order valence-corrected chi connectivity index (χ4v) is 3.82. The molecule has 2 aromatic carbocycles. The van der Waals surface area contributed by atoms with Crippen molar-refractivity contribution in [3.63, 3.8) is 0 Å². The molecule has 0 aliphatic carbocycles. The Balaban J connectivity index is 1.57. The van der Waals surface area contributed by atoms with Gasteiger partial charge in [0.25, 0.3) is 11.1 Å². The van der Waals surface area contributed by atoms with Crippen LogP contribution in [0.25, 0.3) is 6.08 Å². The van der Waals surface area contributed by atoms with E-state index in [2.05, 4.69) is 0 Å². The van der Waals surface area contributed by atoms with Gasteiger partial charge in [0.1, 0.15) is 5.75 Å². The van der Waals surface area contributed by atoms with E-state index in [-0.39, 0.29) is 24.5 Å². The molecular formula is C19H14ClNO5S. The highest BCUT2D eigenvalue weighted by atomic mass is 35.5. The van der Waals surface area contributed by atoms with Crippen LogP contribution in [-0.2, 0) is 11.3 Å². The van der Waals surface area contributed by atoms with Crippen LogP contribution in [0.4, 0.5) is 4.79 Å². The monoisotopic (exact) mass is 403 g/mol. The van der Waals surface area contributed by atoms with Gasteiger partial charge in [0.15, 0.2) is 11.5 Å². The lowest BCUT2D eigenvalue weighted by molar-refractivity contribution is -0.123. The van der Waals surface area contributed by atoms with Crippen LogP contribution in [0.2, 0.25) is 5.02 Å². The van der Waals surface area contributed by atoms with Gasteiger partial charge in [-0.3, -0.25) is 14.5 Å². The summed E-state index contributed by atoms with van der Waals surface area (Å²) in [6, 6.07) is 10.6. The maximum absolute atomic E-state index is 12.7. The van der Waals surface area contributed by atoms with Gasteiger partial charge in [0, 0.05) is 11.1 Å². The Hall–Kier alpha value is -2.64. The molecule has 6 nitrogen and oxygen atoms in total. The SMILES string of the molecule is COc1cccc(/C=C2/SC(=O)N(Cc3cc4c(cc3Cl)OCO4)C2=O)c1. The Morgan fingerprint density at radius 3 is 2.78 bits per heavy atom. The Labute approximate surface area is 164 Å². The standard InChI is InChI=1S/C19H14ClNO5S/c1-24-13-4-2-3-11(5-13)6-17-18(22)21(19(23)27-17)9-12-7-15-16(8-14(12)20)26-10-25-15/h2-8H,9-10H2,1H3/b17-6+. The molecule has 0 saturated carbocycles. The van der Waals surface area contributed by atoms with Gasteiger partial charge in [-0.2, -0.15) is 0 Å². The minimum Gasteiger partial charge on any atom is -0.497 e. The predicted octanol–water partition coefficient (Wildman–Crippen LogP) is 4.31. The molecule has 27 heavy (non-hydrogen) atoms. The molecule has 138 valence electrons. The summed E-state index contributed by atoms with van der Waals surface area (Å²) in [7, 11) is 1.57. The molecule has 2 amide bonds. The summed E-state index contributed by atoms with van der Waals surface area (Å²) in [5.74, 6) is 1.42. The van der Waals surface area contributed by atoms with E-state index in [4.69, 9.17) is 25.8 Å². The van der Waals surface area contributed by atoms with Crippen LogP contribution in [0.3, 0.4) is 0 Å². The third kappa shape index (κ3) is 3.48. The molecular weight excluding hydrogens is 390 g/mol. The molecule has 8 heteroatoms. The maximum Gasteiger partial charge on any atom is 0.293 e. The van der Waals surface area contributed by atoms with Crippen LogP contribution in [0, 0.1) is 0 Å². The van der Waals surface area contributed by atoms with Gasteiger partial charge < -0.3 is 14.2 Å². The summed E-state index contributed by atoms with van der Waals surface area (Å²) in [6.07, 6.45) is 1.68. The lowest BCUT2D eigenvalue weighted by Gasteiger charge is -2.14. The molecule has 1 saturated heterocycles. The second-order valence-corrected chi connectivity index (χ2v) is 7.24. The smallest absolute Gasteiger partial charge is 0.293 e. The first-order valence-corrected chi connectivity index (χ1v) is 9.22. The first-order valence-electron chi connectivity index (χ1n) is 8.02. The number of hydrogen-bond acceptors (Lipinski definition) is 6. The van der Waals surface area contributed by atoms with Crippen molar-refractivity contribution in [1.29, 1.82) is 0 Å². The van der Waals surface area contributed by atoms with Crippen LogP contribution in [0.15, 0.2) is 41.3 Å². The van der Waals surface area contributed by atoms with E-state index in [1.165, 1.54) is 4.90 Å². The highest BCUT2D eigenvalue weighted by molar-refractivity contribution is 8.18. The van der Waals surface area contributed by atoms with Crippen molar-refractivity contribution in [1.82, 2.24) is 4.90 Å². The van der Waals surface area contributed by atoms with Gasteiger partial charge in [-0.1, -0.05) is 23.7 Å². The van der Waals surface area contributed by atoms with E-state index in [1.54, 1.807) is 31.4 Å². The van der Waals surface area contributed by atoms with Crippen molar-refractivity contribution >= 4 is 40.6 Å². The van der Waals surface area contributed by atoms with Crippen molar-refractivity contribution in [2.24, 2.45) is 0 Å². The van der Waals surface area contributed by atoms with Crippen LogP contribution in [0.1, 0.15) is 11.1 Å². The van der Waals surface area contributed by atoms with Crippen LogP contribution < -0.4 is 14.2 Å². The Morgan fingerprint density at radius 1 is 1.22 bits per heavy atom. The third-order valence-electron chi connectivity index (χ3n) is 4.14. The fourth-order valence-electron chi connectivity index (χ4n) is 2.77. The van der Waals surface area contributed by atoms with Crippen LogP contribution in [0.5, 0.6) is 17.2 Å². The summed E-state index contributed by atoms with van der Waals surface area (Å²) in [6.45, 7) is 0.190. The van der Waals surface area contributed by atoms with E-state index >= 15 is 0 Å². The summed E-state index contributed by atoms with van der Waals surface area (Å²) in [4.78, 5) is 26.6. The minimum absolute atomic E-state index is 0.0651. The molecule has 0 radical (unpaired) electrons. The fraction of sp³-hybridized carbons (Fsp3) is 0.158. The number of halogens is 1. The molecule has 0 spiro atoms. The second-order valence-electron chi connectivity index (χ2n) is 5.84. The zero-order valence-corrected chi connectivity index (χ0v) is 15.8. The quantitative estimate of drug-likeness (QED) is 0.708. The van der Waals surface area contributed by atoms with Crippen LogP contribution in [-0.4, -0.2) is 29.9 Å². The molecule has 2 aliphatic rings. The number of benzene rings is 2. The average Bonchev–Trinajstić information content (AvgIpc) is 3.21. The molecule has 0 bridgehead atoms. The van der Waals surface area contributed by atoms with E-state index < -0.39 is 0 Å². The number of imide groups is 1. The summed E-state index contributed by atoms with van der Waals surface area (Å²) in [5.41, 5.74) is 1.40. The number of nitrogens with zero attached hydrogens (tertiary/aromatic N) is 1. The van der Waals surface area contributed by atoms with Crippen molar-refractivity contribution in [2.45, 2.75) is 6.54 Å². The minimum atomic E-state index is -0.360. The molecule has 4 rings (SSSR count). The summed E-state index contributed by atoms with van der Waals surface area (Å²) < 4.78 is 15.8. The number of fused-ring (bicyclic) bond motifs is 1. The van der Waals surface area contributed by atoms with Gasteiger partial charge in [0.05, 0.1) is 18.6 Å².